The van der Waals surface area contributed by atoms with Gasteiger partial charge in [0.05, 0.1) is 5.69 Å². The summed E-state index contributed by atoms with van der Waals surface area (Å²) in [4.78, 5) is 3.79. The Balaban J connectivity index is 1.77. The first-order valence-electron chi connectivity index (χ1n) is 8.79. The van der Waals surface area contributed by atoms with Crippen molar-refractivity contribution in [3.63, 3.8) is 0 Å². The van der Waals surface area contributed by atoms with E-state index in [1.165, 1.54) is 18.3 Å². The topological polar surface area (TPSA) is 63.8 Å². The molecule has 1 aromatic carbocycles. The van der Waals surface area contributed by atoms with Crippen LogP contribution in [0.2, 0.25) is 0 Å². The third-order valence-corrected chi connectivity index (χ3v) is 5.11. The van der Waals surface area contributed by atoms with Crippen LogP contribution in [0.1, 0.15) is 29.7 Å². The van der Waals surface area contributed by atoms with Crippen molar-refractivity contribution in [3.8, 4) is 16.8 Å². The standard InChI is InChI=1S/C19H14F6N4O/c1-17(30,19(23,24)25)13-7-12(8-26-9-13)10-2-4-14-11(6-10)3-5-15-27-28-16(29(14)15)18(20,21)22/h2,4,6-9,30H,3,5H2,1H3/t17-/m1/s1. The maximum Gasteiger partial charge on any atom is 0.452 e. The molecule has 1 aliphatic heterocycles. The molecule has 0 unspecified atom stereocenters. The summed E-state index contributed by atoms with van der Waals surface area (Å²) in [6, 6.07) is 5.69. The van der Waals surface area contributed by atoms with Crippen LogP contribution in [0, 0.1) is 0 Å². The lowest BCUT2D eigenvalue weighted by Crippen LogP contribution is -2.39. The molecule has 0 fully saturated rings. The fourth-order valence-corrected chi connectivity index (χ4v) is 3.37. The van der Waals surface area contributed by atoms with Gasteiger partial charge in [-0.1, -0.05) is 6.07 Å². The molecule has 0 amide bonds. The SMILES string of the molecule is C[C@@](O)(c1cncc(-c2ccc3c(c2)CCc2nnc(C(F)(F)F)n2-3)c1)C(F)(F)F. The molecule has 3 heterocycles. The van der Waals surface area contributed by atoms with Crippen LogP contribution < -0.4 is 0 Å². The Hall–Kier alpha value is -2.95. The summed E-state index contributed by atoms with van der Waals surface area (Å²) >= 11 is 0. The first-order valence-corrected chi connectivity index (χ1v) is 8.79. The van der Waals surface area contributed by atoms with Crippen molar-refractivity contribution in [1.29, 1.82) is 0 Å². The fourth-order valence-electron chi connectivity index (χ4n) is 3.37. The number of hydrogen-bond acceptors (Lipinski definition) is 4. The van der Waals surface area contributed by atoms with Gasteiger partial charge in [-0.05, 0) is 42.7 Å². The number of benzene rings is 1. The second kappa shape index (κ2) is 6.53. The lowest BCUT2D eigenvalue weighted by atomic mass is 9.93. The fraction of sp³-hybridized carbons (Fsp3) is 0.316. The Kier molecular flexibility index (Phi) is 4.42. The van der Waals surface area contributed by atoms with Gasteiger partial charge < -0.3 is 5.11 Å². The van der Waals surface area contributed by atoms with E-state index in [1.54, 1.807) is 6.07 Å². The molecule has 0 saturated carbocycles. The van der Waals surface area contributed by atoms with Gasteiger partial charge in [0, 0.05) is 29.9 Å². The zero-order valence-corrected chi connectivity index (χ0v) is 15.4. The number of aliphatic hydroxyl groups is 1. The second-order valence-electron chi connectivity index (χ2n) is 7.15. The number of nitrogens with zero attached hydrogens (tertiary/aromatic N) is 4. The molecule has 0 radical (unpaired) electrons. The lowest BCUT2D eigenvalue weighted by Gasteiger charge is -2.26. The van der Waals surface area contributed by atoms with E-state index in [2.05, 4.69) is 15.2 Å². The van der Waals surface area contributed by atoms with Crippen molar-refractivity contribution in [3.05, 3.63) is 59.4 Å². The smallest absolute Gasteiger partial charge is 0.376 e. The highest BCUT2D eigenvalue weighted by Gasteiger charge is 2.51. The Bertz CT molecular complexity index is 1120. The minimum atomic E-state index is -4.90. The van der Waals surface area contributed by atoms with Crippen molar-refractivity contribution in [2.75, 3.05) is 0 Å². The number of rotatable bonds is 2. The molecular weight excluding hydrogens is 414 g/mol. The molecule has 0 spiro atoms. The Labute approximate surface area is 166 Å². The van der Waals surface area contributed by atoms with E-state index in [1.807, 2.05) is 0 Å². The van der Waals surface area contributed by atoms with Gasteiger partial charge in [0.25, 0.3) is 0 Å². The van der Waals surface area contributed by atoms with Crippen LogP contribution in [0.4, 0.5) is 26.3 Å². The summed E-state index contributed by atoms with van der Waals surface area (Å²) in [5, 5.41) is 16.8. The molecule has 158 valence electrons. The molecule has 0 bridgehead atoms. The molecule has 1 atom stereocenters. The number of fused-ring (bicyclic) bond motifs is 3. The number of aromatic nitrogens is 4. The van der Waals surface area contributed by atoms with Crippen LogP contribution in [-0.2, 0) is 24.6 Å². The number of hydrogen-bond donors (Lipinski definition) is 1. The number of aryl methyl sites for hydroxylation is 2. The first-order chi connectivity index (χ1) is 13.9. The number of alkyl halides is 6. The predicted octanol–water partition coefficient (Wildman–Crippen LogP) is 4.22. The lowest BCUT2D eigenvalue weighted by molar-refractivity contribution is -0.259. The molecule has 4 rings (SSSR count). The first kappa shape index (κ1) is 20.3. The molecule has 5 nitrogen and oxygen atoms in total. The van der Waals surface area contributed by atoms with Crippen LogP contribution in [0.3, 0.4) is 0 Å². The summed E-state index contributed by atoms with van der Waals surface area (Å²) in [6.45, 7) is 0.632. The van der Waals surface area contributed by atoms with Crippen molar-refractivity contribution in [2.24, 2.45) is 0 Å². The van der Waals surface area contributed by atoms with E-state index < -0.39 is 29.3 Å². The monoisotopic (exact) mass is 428 g/mol. The molecule has 11 heteroatoms. The van der Waals surface area contributed by atoms with Crippen LogP contribution >= 0.6 is 0 Å². The largest absolute Gasteiger partial charge is 0.452 e. The van der Waals surface area contributed by atoms with E-state index in [0.717, 1.165) is 16.8 Å². The molecule has 2 aromatic heterocycles. The normalized spacial score (nSPS) is 16.0. The Morgan fingerprint density at radius 2 is 1.67 bits per heavy atom. The third-order valence-electron chi connectivity index (χ3n) is 5.11. The highest BCUT2D eigenvalue weighted by atomic mass is 19.4. The summed E-state index contributed by atoms with van der Waals surface area (Å²) in [5.74, 6) is -0.941. The molecule has 30 heavy (non-hydrogen) atoms. The van der Waals surface area contributed by atoms with Crippen molar-refractivity contribution in [2.45, 2.75) is 37.7 Å². The molecule has 3 aromatic rings. The summed E-state index contributed by atoms with van der Waals surface area (Å²) in [5.41, 5.74) is -1.94. The average molecular weight is 428 g/mol. The van der Waals surface area contributed by atoms with Gasteiger partial charge in [0.1, 0.15) is 5.82 Å². The highest BCUT2D eigenvalue weighted by Crippen LogP contribution is 2.40. The van der Waals surface area contributed by atoms with Crippen molar-refractivity contribution >= 4 is 0 Å². The minimum absolute atomic E-state index is 0.187. The molecular formula is C19H14F6N4O. The summed E-state index contributed by atoms with van der Waals surface area (Å²) in [6.07, 6.45) is -6.70. The number of pyridine rings is 1. The maximum atomic E-state index is 13.3. The van der Waals surface area contributed by atoms with Crippen LogP contribution in [0.25, 0.3) is 16.8 Å². The molecule has 1 aliphatic rings. The van der Waals surface area contributed by atoms with E-state index >= 15 is 0 Å². The van der Waals surface area contributed by atoms with Gasteiger partial charge in [-0.25, -0.2) is 0 Å². The van der Waals surface area contributed by atoms with Crippen LogP contribution in [0.5, 0.6) is 0 Å². The van der Waals surface area contributed by atoms with Gasteiger partial charge in [-0.3, -0.25) is 9.55 Å². The quantitative estimate of drug-likeness (QED) is 0.621. The van der Waals surface area contributed by atoms with Crippen molar-refractivity contribution < 1.29 is 31.4 Å². The second-order valence-corrected chi connectivity index (χ2v) is 7.15. The van der Waals surface area contributed by atoms with Gasteiger partial charge in [0.15, 0.2) is 5.60 Å². The van der Waals surface area contributed by atoms with E-state index in [4.69, 9.17) is 0 Å². The summed E-state index contributed by atoms with van der Waals surface area (Å²) in [7, 11) is 0. The Morgan fingerprint density at radius 1 is 0.933 bits per heavy atom. The zero-order valence-electron chi connectivity index (χ0n) is 15.4. The van der Waals surface area contributed by atoms with Gasteiger partial charge in [-0.2, -0.15) is 26.3 Å². The molecule has 0 saturated heterocycles. The van der Waals surface area contributed by atoms with E-state index in [0.29, 0.717) is 30.0 Å². The minimum Gasteiger partial charge on any atom is -0.376 e. The van der Waals surface area contributed by atoms with Crippen LogP contribution in [0.15, 0.2) is 36.7 Å². The number of halogens is 6. The van der Waals surface area contributed by atoms with Gasteiger partial charge >= 0.3 is 12.4 Å². The highest BCUT2D eigenvalue weighted by molar-refractivity contribution is 5.67. The Morgan fingerprint density at radius 3 is 2.33 bits per heavy atom. The average Bonchev–Trinajstić information content (AvgIpc) is 3.12. The third kappa shape index (κ3) is 3.22. The van der Waals surface area contributed by atoms with Gasteiger partial charge in [0.2, 0.25) is 5.82 Å². The van der Waals surface area contributed by atoms with Crippen LogP contribution in [-0.4, -0.2) is 31.0 Å². The summed E-state index contributed by atoms with van der Waals surface area (Å²) < 4.78 is 80.1. The predicted molar refractivity (Wildman–Crippen MR) is 92.6 cm³/mol. The van der Waals surface area contributed by atoms with Gasteiger partial charge in [-0.15, -0.1) is 10.2 Å². The maximum absolute atomic E-state index is 13.3. The zero-order chi connectivity index (χ0) is 21.9. The van der Waals surface area contributed by atoms with E-state index in [-0.39, 0.29) is 17.9 Å². The van der Waals surface area contributed by atoms with E-state index in [9.17, 15) is 31.4 Å². The molecule has 1 N–H and O–H groups in total. The molecule has 0 aliphatic carbocycles. The van der Waals surface area contributed by atoms with Crippen molar-refractivity contribution in [1.82, 2.24) is 19.7 Å².